The van der Waals surface area contributed by atoms with Crippen LogP contribution in [0, 0.1) is 0 Å². The minimum absolute atomic E-state index is 0.599. The maximum absolute atomic E-state index is 11.2. The monoisotopic (exact) mass is 200 g/mol. The predicted molar refractivity (Wildman–Crippen MR) is 51.7 cm³/mol. The van der Waals surface area contributed by atoms with Gasteiger partial charge in [-0.05, 0) is 34.6 Å². The molecule has 0 aliphatic rings. The van der Waals surface area contributed by atoms with Gasteiger partial charge in [-0.3, -0.25) is 0 Å². The van der Waals surface area contributed by atoms with Crippen LogP contribution in [0.15, 0.2) is 6.08 Å². The van der Waals surface area contributed by atoms with Gasteiger partial charge in [0.2, 0.25) is 0 Å². The summed E-state index contributed by atoms with van der Waals surface area (Å²) in [6, 6.07) is 0. The molecule has 0 unspecified atom stereocenters. The molecule has 0 fully saturated rings. The van der Waals surface area contributed by atoms with Crippen LogP contribution in [0.25, 0.3) is 0 Å². The Labute approximate surface area is 83.9 Å². The zero-order valence-corrected chi connectivity index (χ0v) is 9.21. The molecular formula is C10H16O4. The summed E-state index contributed by atoms with van der Waals surface area (Å²) in [5, 5.41) is 0. The summed E-state index contributed by atoms with van der Waals surface area (Å²) in [6.45, 7) is 8.34. The lowest BCUT2D eigenvalue weighted by atomic mass is 10.1. The summed E-state index contributed by atoms with van der Waals surface area (Å²) in [4.78, 5) is 21.2. The molecule has 0 aliphatic carbocycles. The summed E-state index contributed by atoms with van der Waals surface area (Å²) < 4.78 is 9.78. The fourth-order valence-corrected chi connectivity index (χ4v) is 0.657. The van der Waals surface area contributed by atoms with E-state index < -0.39 is 17.4 Å². The fraction of sp³-hybridized carbons (Fsp3) is 0.700. The first kappa shape index (κ1) is 12.7. The van der Waals surface area contributed by atoms with Crippen molar-refractivity contribution < 1.29 is 19.1 Å². The molecule has 0 atom stereocenters. The fourth-order valence-electron chi connectivity index (χ4n) is 0.657. The van der Waals surface area contributed by atoms with Crippen LogP contribution in [0.1, 0.15) is 34.6 Å². The molecule has 80 valence electrons. The summed E-state index contributed by atoms with van der Waals surface area (Å²) in [7, 11) is 0. The molecule has 0 aromatic heterocycles. The van der Waals surface area contributed by atoms with Crippen LogP contribution >= 0.6 is 0 Å². The first-order valence-electron chi connectivity index (χ1n) is 4.30. The van der Waals surface area contributed by atoms with Gasteiger partial charge in [-0.25, -0.2) is 9.59 Å². The third kappa shape index (κ3) is 6.26. The van der Waals surface area contributed by atoms with Crippen molar-refractivity contribution in [1.29, 1.82) is 0 Å². The minimum atomic E-state index is -0.982. The first-order chi connectivity index (χ1) is 6.16. The van der Waals surface area contributed by atoms with E-state index in [4.69, 9.17) is 9.47 Å². The van der Waals surface area contributed by atoms with Crippen molar-refractivity contribution in [1.82, 2.24) is 0 Å². The van der Waals surface area contributed by atoms with Crippen LogP contribution in [0.2, 0.25) is 0 Å². The normalized spacial score (nSPS) is 11.5. The molecule has 4 heteroatoms. The van der Waals surface area contributed by atoms with Crippen molar-refractivity contribution >= 4 is 12.1 Å². The number of carbonyl (C=O) groups is 1. The molecule has 0 spiro atoms. The van der Waals surface area contributed by atoms with Crippen molar-refractivity contribution in [2.24, 2.45) is 0 Å². The molecular weight excluding hydrogens is 184 g/mol. The van der Waals surface area contributed by atoms with Crippen LogP contribution in [0.3, 0.4) is 0 Å². The molecule has 0 rings (SSSR count). The second kappa shape index (κ2) is 4.29. The van der Waals surface area contributed by atoms with Gasteiger partial charge in [0.25, 0.3) is 0 Å². The van der Waals surface area contributed by atoms with Gasteiger partial charge in [-0.1, -0.05) is 0 Å². The summed E-state index contributed by atoms with van der Waals surface area (Å²) in [5.74, 6) is 1.57. The van der Waals surface area contributed by atoms with Crippen molar-refractivity contribution in [2.45, 2.75) is 45.8 Å². The third-order valence-electron chi connectivity index (χ3n) is 1.14. The Kier molecular flexibility index (Phi) is 3.90. The van der Waals surface area contributed by atoms with Crippen LogP contribution in [-0.4, -0.2) is 23.3 Å². The average molecular weight is 200 g/mol. The van der Waals surface area contributed by atoms with E-state index in [1.165, 1.54) is 0 Å². The Bertz CT molecular complexity index is 254. The molecule has 4 nitrogen and oxygen atoms in total. The lowest BCUT2D eigenvalue weighted by Gasteiger charge is -2.24. The zero-order valence-electron chi connectivity index (χ0n) is 9.21. The average Bonchev–Trinajstić information content (AvgIpc) is 1.78. The van der Waals surface area contributed by atoms with Crippen molar-refractivity contribution in [2.75, 3.05) is 0 Å². The van der Waals surface area contributed by atoms with Gasteiger partial charge in [0, 0.05) is 6.08 Å². The molecule has 0 aliphatic heterocycles. The Morgan fingerprint density at radius 3 is 2.00 bits per heavy atom. The highest BCUT2D eigenvalue weighted by atomic mass is 16.7. The van der Waals surface area contributed by atoms with Gasteiger partial charge < -0.3 is 9.47 Å². The number of hydrogen-bond donors (Lipinski definition) is 0. The maximum atomic E-state index is 11.2. The van der Waals surface area contributed by atoms with E-state index in [0.29, 0.717) is 0 Å². The summed E-state index contributed by atoms with van der Waals surface area (Å²) in [5.41, 5.74) is -1.58. The van der Waals surface area contributed by atoms with E-state index in [1.54, 1.807) is 40.6 Å². The smallest absolute Gasteiger partial charge is 0.429 e. The van der Waals surface area contributed by atoms with E-state index in [1.807, 2.05) is 0 Å². The second-order valence-corrected chi connectivity index (χ2v) is 4.43. The molecule has 0 heterocycles. The molecule has 0 radical (unpaired) electrons. The summed E-state index contributed by atoms with van der Waals surface area (Å²) in [6.07, 6.45) is 0.325. The maximum Gasteiger partial charge on any atom is 0.509 e. The Balaban J connectivity index is 4.26. The van der Waals surface area contributed by atoms with Gasteiger partial charge in [0.1, 0.15) is 17.1 Å². The van der Waals surface area contributed by atoms with E-state index >= 15 is 0 Å². The second-order valence-electron chi connectivity index (χ2n) is 4.43. The van der Waals surface area contributed by atoms with E-state index in [-0.39, 0.29) is 0 Å². The first-order valence-corrected chi connectivity index (χ1v) is 4.30. The molecule has 14 heavy (non-hydrogen) atoms. The highest BCUT2D eigenvalue weighted by Gasteiger charge is 2.24. The molecule has 0 bridgehead atoms. The molecule has 0 aromatic carbocycles. The number of carbonyl (C=O) groups excluding carboxylic acids is 2. The van der Waals surface area contributed by atoms with E-state index in [0.717, 1.165) is 6.08 Å². The standard InChI is InChI=1S/C10H16O4/c1-9(2,3)13-8(12)14-10(4,5)6-7-11/h6H,1-5H3. The van der Waals surface area contributed by atoms with E-state index in [2.05, 4.69) is 0 Å². The van der Waals surface area contributed by atoms with Crippen molar-refractivity contribution in [3.63, 3.8) is 0 Å². The molecule has 0 amide bonds. The lowest BCUT2D eigenvalue weighted by Crippen LogP contribution is -2.31. The summed E-state index contributed by atoms with van der Waals surface area (Å²) >= 11 is 0. The topological polar surface area (TPSA) is 52.6 Å². The van der Waals surface area contributed by atoms with Crippen molar-refractivity contribution in [3.05, 3.63) is 6.08 Å². The largest absolute Gasteiger partial charge is 0.509 e. The molecule has 0 N–H and O–H groups in total. The highest BCUT2D eigenvalue weighted by molar-refractivity contribution is 5.62. The number of ether oxygens (including phenoxy) is 2. The van der Waals surface area contributed by atoms with Gasteiger partial charge >= 0.3 is 6.16 Å². The van der Waals surface area contributed by atoms with Gasteiger partial charge in [0.05, 0.1) is 0 Å². The quantitative estimate of drug-likeness (QED) is 0.506. The lowest BCUT2D eigenvalue weighted by molar-refractivity contribution is -0.0379. The van der Waals surface area contributed by atoms with Crippen LogP contribution in [0.4, 0.5) is 4.79 Å². The molecule has 0 saturated heterocycles. The van der Waals surface area contributed by atoms with Gasteiger partial charge in [0.15, 0.2) is 0 Å². The van der Waals surface area contributed by atoms with Crippen molar-refractivity contribution in [3.8, 4) is 0 Å². The van der Waals surface area contributed by atoms with Crippen LogP contribution in [0.5, 0.6) is 0 Å². The third-order valence-corrected chi connectivity index (χ3v) is 1.14. The number of hydrogen-bond acceptors (Lipinski definition) is 4. The Hall–Kier alpha value is -1.28. The molecule has 0 aromatic rings. The minimum Gasteiger partial charge on any atom is -0.429 e. The van der Waals surface area contributed by atoms with Gasteiger partial charge in [-0.15, -0.1) is 0 Å². The van der Waals surface area contributed by atoms with Crippen LogP contribution < -0.4 is 0 Å². The number of rotatable bonds is 2. The Morgan fingerprint density at radius 2 is 1.64 bits per heavy atom. The SMILES string of the molecule is CC(C)(C)OC(=O)OC(C)(C)C=C=O. The molecule has 0 saturated carbocycles. The Morgan fingerprint density at radius 1 is 1.14 bits per heavy atom. The van der Waals surface area contributed by atoms with Gasteiger partial charge in [-0.2, -0.15) is 0 Å². The highest BCUT2D eigenvalue weighted by Crippen LogP contribution is 2.14. The zero-order chi connectivity index (χ0) is 11.4. The van der Waals surface area contributed by atoms with Crippen LogP contribution in [-0.2, 0) is 14.3 Å². The predicted octanol–water partition coefficient (Wildman–Crippen LogP) is 2.10. The van der Waals surface area contributed by atoms with E-state index in [9.17, 15) is 9.59 Å².